The lowest BCUT2D eigenvalue weighted by Gasteiger charge is -2.23. The van der Waals surface area contributed by atoms with Crippen LogP contribution in [0.25, 0.3) is 0 Å². The summed E-state index contributed by atoms with van der Waals surface area (Å²) in [6, 6.07) is 6.93. The lowest BCUT2D eigenvalue weighted by atomic mass is 10.3. The molecule has 0 radical (unpaired) electrons. The van der Waals surface area contributed by atoms with Crippen LogP contribution < -0.4 is 15.7 Å². The van der Waals surface area contributed by atoms with Crippen molar-refractivity contribution in [2.45, 2.75) is 0 Å². The summed E-state index contributed by atoms with van der Waals surface area (Å²) in [4.78, 5) is 0. The number of hydrogen-bond acceptors (Lipinski definition) is 1. The number of nitrogens with two attached hydrogens (primary N) is 2. The van der Waals surface area contributed by atoms with Gasteiger partial charge in [-0.05, 0) is 12.1 Å². The minimum absolute atomic E-state index is 0.473. The molecule has 1 rings (SSSR count). The van der Waals surface area contributed by atoms with E-state index >= 15 is 0 Å². The summed E-state index contributed by atoms with van der Waals surface area (Å²) in [5.41, 5.74) is 11.1. The third kappa shape index (κ3) is 2.45. The van der Waals surface area contributed by atoms with Crippen LogP contribution in [0.15, 0.2) is 24.3 Å². The summed E-state index contributed by atoms with van der Waals surface area (Å²) in [6.45, 7) is 0. The van der Waals surface area contributed by atoms with Crippen molar-refractivity contribution in [2.75, 3.05) is 11.7 Å². The van der Waals surface area contributed by atoms with Gasteiger partial charge >= 0.3 is 0 Å². The maximum Gasteiger partial charge on any atom is 0.300 e. The van der Waals surface area contributed by atoms with Crippen molar-refractivity contribution in [1.29, 1.82) is 0 Å². The molecule has 72 valence electrons. The summed E-state index contributed by atoms with van der Waals surface area (Å²) in [5, 5.41) is 0.473. The SMILES string of the molecule is CN(c1ccccc1Cl)P(N)(N)=O. The van der Waals surface area contributed by atoms with Gasteiger partial charge < -0.3 is 4.67 Å². The van der Waals surface area contributed by atoms with Gasteiger partial charge in [0, 0.05) is 7.05 Å². The van der Waals surface area contributed by atoms with Crippen molar-refractivity contribution < 1.29 is 4.57 Å². The topological polar surface area (TPSA) is 72.3 Å². The minimum atomic E-state index is -3.26. The Bertz CT molecular complexity index is 351. The van der Waals surface area contributed by atoms with E-state index in [1.165, 1.54) is 4.67 Å². The van der Waals surface area contributed by atoms with Gasteiger partial charge in [0.1, 0.15) is 0 Å². The molecule has 4 nitrogen and oxygen atoms in total. The molecule has 6 heteroatoms. The van der Waals surface area contributed by atoms with Gasteiger partial charge in [-0.25, -0.2) is 0 Å². The molecular weight excluding hydrogens is 209 g/mol. The maximum atomic E-state index is 11.3. The highest BCUT2D eigenvalue weighted by atomic mass is 35.5. The van der Waals surface area contributed by atoms with E-state index in [4.69, 9.17) is 22.6 Å². The Hall–Kier alpha value is -0.540. The van der Waals surface area contributed by atoms with E-state index in [1.54, 1.807) is 31.3 Å². The number of anilines is 1. The first kappa shape index (κ1) is 10.5. The normalized spacial score (nSPS) is 11.4. The molecule has 0 unspecified atom stereocenters. The molecule has 0 atom stereocenters. The predicted octanol–water partition coefficient (Wildman–Crippen LogP) is 1.80. The molecule has 0 bridgehead atoms. The highest BCUT2D eigenvalue weighted by Crippen LogP contribution is 2.38. The van der Waals surface area contributed by atoms with Crippen molar-refractivity contribution in [3.8, 4) is 0 Å². The lowest BCUT2D eigenvalue weighted by Crippen LogP contribution is -2.24. The van der Waals surface area contributed by atoms with Crippen molar-refractivity contribution in [1.82, 2.24) is 0 Å². The van der Waals surface area contributed by atoms with Crippen LogP contribution in [-0.4, -0.2) is 7.05 Å². The molecule has 1 aromatic rings. The van der Waals surface area contributed by atoms with Crippen LogP contribution in [0.5, 0.6) is 0 Å². The Morgan fingerprint density at radius 3 is 2.38 bits per heavy atom. The van der Waals surface area contributed by atoms with Gasteiger partial charge in [-0.1, -0.05) is 23.7 Å². The van der Waals surface area contributed by atoms with E-state index < -0.39 is 7.59 Å². The van der Waals surface area contributed by atoms with Crippen LogP contribution in [-0.2, 0) is 4.57 Å². The van der Waals surface area contributed by atoms with Crippen molar-refractivity contribution in [3.05, 3.63) is 29.3 Å². The van der Waals surface area contributed by atoms with E-state index in [2.05, 4.69) is 0 Å². The van der Waals surface area contributed by atoms with Crippen molar-refractivity contribution in [2.24, 2.45) is 11.0 Å². The zero-order chi connectivity index (χ0) is 10.1. The van der Waals surface area contributed by atoms with Gasteiger partial charge in [-0.15, -0.1) is 0 Å². The van der Waals surface area contributed by atoms with Gasteiger partial charge in [0.15, 0.2) is 0 Å². The average molecular weight is 220 g/mol. The van der Waals surface area contributed by atoms with Crippen LogP contribution in [0.2, 0.25) is 5.02 Å². The van der Waals surface area contributed by atoms with E-state index in [0.717, 1.165) is 0 Å². The van der Waals surface area contributed by atoms with E-state index in [1.807, 2.05) is 0 Å². The second-order valence-electron chi connectivity index (χ2n) is 2.65. The summed E-state index contributed by atoms with van der Waals surface area (Å²) in [7, 11) is -1.71. The smallest absolute Gasteiger partial charge is 0.300 e. The molecule has 4 N–H and O–H groups in total. The Kier molecular flexibility index (Phi) is 2.98. The van der Waals surface area contributed by atoms with Gasteiger partial charge in [-0.3, -0.25) is 15.6 Å². The molecule has 0 saturated heterocycles. The van der Waals surface area contributed by atoms with Crippen LogP contribution in [0.1, 0.15) is 0 Å². The molecule has 13 heavy (non-hydrogen) atoms. The Balaban J connectivity index is 3.09. The maximum absolute atomic E-state index is 11.3. The highest BCUT2D eigenvalue weighted by Gasteiger charge is 2.18. The van der Waals surface area contributed by atoms with Gasteiger partial charge in [0.25, 0.3) is 7.59 Å². The van der Waals surface area contributed by atoms with Crippen molar-refractivity contribution >= 4 is 24.9 Å². The van der Waals surface area contributed by atoms with Gasteiger partial charge in [0.05, 0.1) is 10.7 Å². The zero-order valence-corrected chi connectivity index (χ0v) is 8.80. The Morgan fingerprint density at radius 2 is 1.92 bits per heavy atom. The molecule has 0 aromatic heterocycles. The zero-order valence-electron chi connectivity index (χ0n) is 7.14. The first-order valence-electron chi connectivity index (χ1n) is 3.59. The molecule has 0 amide bonds. The quantitative estimate of drug-likeness (QED) is 0.744. The number of halogens is 1. The number of rotatable bonds is 2. The van der Waals surface area contributed by atoms with Gasteiger partial charge in [0.2, 0.25) is 0 Å². The average Bonchev–Trinajstić information content (AvgIpc) is 2.02. The van der Waals surface area contributed by atoms with Gasteiger partial charge in [-0.2, -0.15) is 0 Å². The standard InChI is InChI=1S/C7H11ClN3OP/c1-11(13(9,10)12)7-5-3-2-4-6(7)8/h2-5H,1H3,(H4,9,10,12). The predicted molar refractivity (Wildman–Crippen MR) is 55.8 cm³/mol. The summed E-state index contributed by atoms with van der Waals surface area (Å²) in [5.74, 6) is 0. The first-order valence-corrected chi connectivity index (χ1v) is 5.76. The fourth-order valence-corrected chi connectivity index (χ4v) is 1.72. The Labute approximate surface area is 82.0 Å². The molecule has 0 aliphatic rings. The monoisotopic (exact) mass is 219 g/mol. The van der Waals surface area contributed by atoms with E-state index in [0.29, 0.717) is 10.7 Å². The Morgan fingerprint density at radius 1 is 1.38 bits per heavy atom. The molecule has 1 aromatic carbocycles. The third-order valence-electron chi connectivity index (χ3n) is 1.67. The second kappa shape index (κ2) is 3.68. The fourth-order valence-electron chi connectivity index (χ4n) is 0.883. The number of benzene rings is 1. The minimum Gasteiger partial charge on any atom is -0.301 e. The van der Waals surface area contributed by atoms with Crippen LogP contribution >= 0.6 is 19.2 Å². The summed E-state index contributed by atoms with van der Waals surface area (Å²) >= 11 is 5.85. The number of nitrogens with zero attached hydrogens (tertiary/aromatic N) is 1. The summed E-state index contributed by atoms with van der Waals surface area (Å²) < 4.78 is 12.6. The van der Waals surface area contributed by atoms with E-state index in [-0.39, 0.29) is 0 Å². The van der Waals surface area contributed by atoms with E-state index in [9.17, 15) is 4.57 Å². The molecule has 0 fully saturated rings. The molecular formula is C7H11ClN3OP. The largest absolute Gasteiger partial charge is 0.301 e. The molecule has 0 aliphatic heterocycles. The summed E-state index contributed by atoms with van der Waals surface area (Å²) in [6.07, 6.45) is 0. The molecule has 0 heterocycles. The van der Waals surface area contributed by atoms with Crippen LogP contribution in [0.3, 0.4) is 0 Å². The highest BCUT2D eigenvalue weighted by molar-refractivity contribution is 7.60. The second-order valence-corrected chi connectivity index (χ2v) is 5.00. The third-order valence-corrected chi connectivity index (χ3v) is 3.14. The molecule has 0 aliphatic carbocycles. The van der Waals surface area contributed by atoms with Crippen LogP contribution in [0, 0.1) is 0 Å². The fraction of sp³-hybridized carbons (Fsp3) is 0.143. The first-order chi connectivity index (χ1) is 5.93. The number of hydrogen-bond donors (Lipinski definition) is 2. The molecule has 0 saturated carbocycles. The number of para-hydroxylation sites is 1. The lowest BCUT2D eigenvalue weighted by molar-refractivity contribution is 0.575. The molecule has 0 spiro atoms. The van der Waals surface area contributed by atoms with Crippen LogP contribution in [0.4, 0.5) is 5.69 Å². The van der Waals surface area contributed by atoms with Crippen molar-refractivity contribution in [3.63, 3.8) is 0 Å².